The summed E-state index contributed by atoms with van der Waals surface area (Å²) < 4.78 is 0. The van der Waals surface area contributed by atoms with Crippen LogP contribution in [-0.2, 0) is 4.79 Å². The molecule has 0 radical (unpaired) electrons. The number of carboxylic acid groups (broad SMARTS) is 1. The van der Waals surface area contributed by atoms with Gasteiger partial charge in [0, 0.05) is 0 Å². The molecule has 6 heteroatoms. The van der Waals surface area contributed by atoms with Crippen molar-refractivity contribution in [1.82, 2.24) is 4.98 Å². The van der Waals surface area contributed by atoms with Crippen molar-refractivity contribution >= 4 is 23.3 Å². The number of pyridine rings is 1. The van der Waals surface area contributed by atoms with Crippen LogP contribution in [-0.4, -0.2) is 27.7 Å². The minimum absolute atomic E-state index is 0.0399. The van der Waals surface area contributed by atoms with Crippen molar-refractivity contribution in [2.75, 3.05) is 5.01 Å². The molecule has 1 saturated carbocycles. The summed E-state index contributed by atoms with van der Waals surface area (Å²) in [6.45, 7) is 0. The molecule has 2 heterocycles. The molecule has 2 aliphatic rings. The van der Waals surface area contributed by atoms with Crippen molar-refractivity contribution in [2.24, 2.45) is 11.0 Å². The molecule has 110 valence electrons. The van der Waals surface area contributed by atoms with Gasteiger partial charge in [0.25, 0.3) is 5.91 Å². The number of carbonyl (C=O) groups is 2. The molecule has 0 saturated heterocycles. The number of rotatable bonds is 3. The van der Waals surface area contributed by atoms with E-state index in [2.05, 4.69) is 10.1 Å². The van der Waals surface area contributed by atoms with Gasteiger partial charge in [0.2, 0.25) is 0 Å². The zero-order valence-electron chi connectivity index (χ0n) is 11.7. The van der Waals surface area contributed by atoms with E-state index >= 15 is 0 Å². The fourth-order valence-corrected chi connectivity index (χ4v) is 2.95. The molecule has 0 bridgehead atoms. The summed E-state index contributed by atoms with van der Waals surface area (Å²) in [5.41, 5.74) is 1.44. The lowest BCUT2D eigenvalue weighted by Gasteiger charge is -2.20. The van der Waals surface area contributed by atoms with E-state index in [1.54, 1.807) is 6.07 Å². The maximum absolute atomic E-state index is 12.1. The first kappa shape index (κ1) is 13.7. The van der Waals surface area contributed by atoms with Gasteiger partial charge in [0.15, 0.2) is 0 Å². The largest absolute Gasteiger partial charge is 0.477 e. The molecule has 1 aliphatic heterocycles. The first-order valence-electron chi connectivity index (χ1n) is 7.25. The molecule has 21 heavy (non-hydrogen) atoms. The van der Waals surface area contributed by atoms with Crippen LogP contribution < -0.4 is 5.01 Å². The van der Waals surface area contributed by atoms with Gasteiger partial charge in [0.1, 0.15) is 5.69 Å². The first-order valence-corrected chi connectivity index (χ1v) is 7.25. The molecule has 1 aromatic heterocycles. The molecule has 1 aliphatic carbocycles. The van der Waals surface area contributed by atoms with Gasteiger partial charge in [-0.3, -0.25) is 4.79 Å². The molecule has 3 rings (SSSR count). The van der Waals surface area contributed by atoms with Crippen LogP contribution in [0.4, 0.5) is 5.69 Å². The molecular formula is C15H17N3O3. The number of anilines is 1. The highest BCUT2D eigenvalue weighted by Gasteiger charge is 2.30. The third kappa shape index (κ3) is 2.79. The number of aromatic carboxylic acids is 1. The summed E-state index contributed by atoms with van der Waals surface area (Å²) in [7, 11) is 0. The van der Waals surface area contributed by atoms with E-state index in [1.807, 2.05) is 0 Å². The van der Waals surface area contributed by atoms with Crippen molar-refractivity contribution < 1.29 is 14.7 Å². The Morgan fingerprint density at radius 2 is 2.00 bits per heavy atom. The predicted molar refractivity (Wildman–Crippen MR) is 77.3 cm³/mol. The van der Waals surface area contributed by atoms with Crippen molar-refractivity contribution in [3.8, 4) is 0 Å². The van der Waals surface area contributed by atoms with Crippen LogP contribution in [0.15, 0.2) is 23.4 Å². The fourth-order valence-electron chi connectivity index (χ4n) is 2.95. The highest BCUT2D eigenvalue weighted by atomic mass is 16.4. The number of aromatic nitrogens is 1. The minimum Gasteiger partial charge on any atom is -0.477 e. The average molecular weight is 287 g/mol. The number of carbonyl (C=O) groups excluding carboxylic acids is 1. The highest BCUT2D eigenvalue weighted by Crippen LogP contribution is 2.30. The molecule has 0 spiro atoms. The van der Waals surface area contributed by atoms with Gasteiger partial charge in [-0.05, 0) is 30.9 Å². The van der Waals surface area contributed by atoms with Crippen LogP contribution in [0.25, 0.3) is 0 Å². The number of nitrogens with zero attached hydrogens (tertiary/aromatic N) is 3. The topological polar surface area (TPSA) is 82.9 Å². The molecule has 1 fully saturated rings. The van der Waals surface area contributed by atoms with E-state index in [4.69, 9.17) is 5.11 Å². The molecule has 1 amide bonds. The first-order chi connectivity index (χ1) is 10.1. The van der Waals surface area contributed by atoms with Crippen LogP contribution >= 0.6 is 0 Å². The highest BCUT2D eigenvalue weighted by molar-refractivity contribution is 6.13. The Balaban J connectivity index is 1.79. The maximum Gasteiger partial charge on any atom is 0.354 e. The number of hydrazone groups is 1. The van der Waals surface area contributed by atoms with Crippen LogP contribution in [0.2, 0.25) is 0 Å². The standard InChI is InChI=1S/C15H17N3O3/c19-14-8-13(10-4-2-1-3-5-10)17-18(14)11-6-7-12(15(20)21)16-9-11/h6-7,9-10H,1-5,8H2,(H,20,21). The van der Waals surface area contributed by atoms with Crippen molar-refractivity contribution in [3.05, 3.63) is 24.0 Å². The zero-order chi connectivity index (χ0) is 14.8. The number of carboxylic acids is 1. The van der Waals surface area contributed by atoms with E-state index in [0.29, 0.717) is 18.0 Å². The summed E-state index contributed by atoms with van der Waals surface area (Å²) in [6.07, 6.45) is 7.63. The van der Waals surface area contributed by atoms with Crippen LogP contribution in [0.5, 0.6) is 0 Å². The zero-order valence-corrected chi connectivity index (χ0v) is 11.7. The van der Waals surface area contributed by atoms with E-state index in [1.165, 1.54) is 36.5 Å². The lowest BCUT2D eigenvalue weighted by molar-refractivity contribution is -0.116. The second kappa shape index (κ2) is 5.63. The lowest BCUT2D eigenvalue weighted by atomic mass is 9.85. The Labute approximate surface area is 122 Å². The Kier molecular flexibility index (Phi) is 3.68. The van der Waals surface area contributed by atoms with E-state index < -0.39 is 5.97 Å². The Morgan fingerprint density at radius 1 is 1.24 bits per heavy atom. The van der Waals surface area contributed by atoms with Crippen LogP contribution in [0, 0.1) is 5.92 Å². The Hall–Kier alpha value is -2.24. The van der Waals surface area contributed by atoms with Crippen molar-refractivity contribution in [3.63, 3.8) is 0 Å². The molecule has 1 N–H and O–H groups in total. The summed E-state index contributed by atoms with van der Waals surface area (Å²) in [4.78, 5) is 26.7. The molecule has 6 nitrogen and oxygen atoms in total. The third-order valence-electron chi connectivity index (χ3n) is 4.09. The monoisotopic (exact) mass is 287 g/mol. The number of hydrogen-bond acceptors (Lipinski definition) is 4. The van der Waals surface area contributed by atoms with Crippen molar-refractivity contribution in [2.45, 2.75) is 38.5 Å². The third-order valence-corrected chi connectivity index (χ3v) is 4.09. The van der Waals surface area contributed by atoms with E-state index in [-0.39, 0.29) is 11.6 Å². The summed E-state index contributed by atoms with van der Waals surface area (Å²) in [6, 6.07) is 2.96. The van der Waals surface area contributed by atoms with Gasteiger partial charge in [-0.15, -0.1) is 0 Å². The van der Waals surface area contributed by atoms with Crippen molar-refractivity contribution in [1.29, 1.82) is 0 Å². The van der Waals surface area contributed by atoms with Gasteiger partial charge in [0.05, 0.1) is 24.0 Å². The SMILES string of the molecule is O=C(O)c1ccc(N2N=C(C3CCCCC3)CC2=O)cn1. The molecule has 1 aromatic rings. The number of amides is 1. The van der Waals surface area contributed by atoms with Gasteiger partial charge in [-0.2, -0.15) is 10.1 Å². The normalized spacial score (nSPS) is 19.7. The fraction of sp³-hybridized carbons (Fsp3) is 0.467. The second-order valence-corrected chi connectivity index (χ2v) is 5.52. The van der Waals surface area contributed by atoms with Gasteiger partial charge < -0.3 is 5.11 Å². The lowest BCUT2D eigenvalue weighted by Crippen LogP contribution is -2.20. The van der Waals surface area contributed by atoms with Crippen LogP contribution in [0.1, 0.15) is 49.0 Å². The smallest absolute Gasteiger partial charge is 0.354 e. The molecule has 0 atom stereocenters. The maximum atomic E-state index is 12.1. The number of hydrogen-bond donors (Lipinski definition) is 1. The van der Waals surface area contributed by atoms with Gasteiger partial charge >= 0.3 is 5.97 Å². The van der Waals surface area contributed by atoms with Gasteiger partial charge in [-0.25, -0.2) is 9.78 Å². The van der Waals surface area contributed by atoms with Crippen LogP contribution in [0.3, 0.4) is 0 Å². The summed E-state index contributed by atoms with van der Waals surface area (Å²) in [5.74, 6) is -0.736. The quantitative estimate of drug-likeness (QED) is 0.925. The van der Waals surface area contributed by atoms with E-state index in [9.17, 15) is 9.59 Å². The molecule has 0 aromatic carbocycles. The minimum atomic E-state index is -1.08. The summed E-state index contributed by atoms with van der Waals surface area (Å²) >= 11 is 0. The average Bonchev–Trinajstić information content (AvgIpc) is 2.90. The molecule has 0 unspecified atom stereocenters. The molecular weight excluding hydrogens is 270 g/mol. The van der Waals surface area contributed by atoms with E-state index in [0.717, 1.165) is 18.6 Å². The Bertz CT molecular complexity index is 589. The Morgan fingerprint density at radius 3 is 2.62 bits per heavy atom. The summed E-state index contributed by atoms with van der Waals surface area (Å²) in [5, 5.41) is 14.6. The predicted octanol–water partition coefficient (Wildman–Crippen LogP) is 2.45. The second-order valence-electron chi connectivity index (χ2n) is 5.52. The van der Waals surface area contributed by atoms with Gasteiger partial charge in [-0.1, -0.05) is 19.3 Å².